The summed E-state index contributed by atoms with van der Waals surface area (Å²) in [5.74, 6) is -1.26. The van der Waals surface area contributed by atoms with Crippen molar-refractivity contribution in [2.45, 2.75) is 87.9 Å². The van der Waals surface area contributed by atoms with E-state index in [9.17, 15) is 29.4 Å². The topological polar surface area (TPSA) is 179 Å². The van der Waals surface area contributed by atoms with Crippen LogP contribution in [0.25, 0.3) is 0 Å². The third-order valence-electron chi connectivity index (χ3n) is 8.92. The first-order valence-corrected chi connectivity index (χ1v) is 16.0. The summed E-state index contributed by atoms with van der Waals surface area (Å²) in [6.07, 6.45) is 4.23. The Morgan fingerprint density at radius 1 is 1.07 bits per heavy atom. The second-order valence-corrected chi connectivity index (χ2v) is 12.4. The molecular formula is C33H48N4O9. The lowest BCUT2D eigenvalue weighted by molar-refractivity contribution is -0.136. The summed E-state index contributed by atoms with van der Waals surface area (Å²) in [6.45, 7) is 5.47. The summed E-state index contributed by atoms with van der Waals surface area (Å²) in [5, 5.41) is 30.4. The fraction of sp³-hybridized carbons (Fsp3) is 0.636. The van der Waals surface area contributed by atoms with E-state index in [2.05, 4.69) is 22.0 Å². The Bertz CT molecular complexity index is 1230. The zero-order chi connectivity index (χ0) is 33.3. The predicted octanol–water partition coefficient (Wildman–Crippen LogP) is 0.185. The number of nitrogens with zero attached hydrogens (tertiary/aromatic N) is 1. The molecule has 0 spiro atoms. The highest BCUT2D eigenvalue weighted by molar-refractivity contribution is 5.98. The van der Waals surface area contributed by atoms with Crippen LogP contribution in [0.15, 0.2) is 35.9 Å². The third-order valence-corrected chi connectivity index (χ3v) is 8.92. The summed E-state index contributed by atoms with van der Waals surface area (Å²) in [6, 6.07) is 2.15. The van der Waals surface area contributed by atoms with Gasteiger partial charge in [0.05, 0.1) is 45.1 Å². The highest BCUT2D eigenvalue weighted by atomic mass is 16.6. The molecule has 1 aromatic carbocycles. The number of methoxy groups -OCH3 is 1. The molecule has 2 saturated heterocycles. The summed E-state index contributed by atoms with van der Waals surface area (Å²) in [7, 11) is 1.50. The van der Waals surface area contributed by atoms with E-state index in [4.69, 9.17) is 14.2 Å². The summed E-state index contributed by atoms with van der Waals surface area (Å²) in [4.78, 5) is 54.9. The minimum atomic E-state index is -1.53. The van der Waals surface area contributed by atoms with Gasteiger partial charge in [-0.1, -0.05) is 23.8 Å². The quantitative estimate of drug-likeness (QED) is 0.0888. The number of aliphatic hydroxyl groups is 2. The molecule has 0 aromatic heterocycles. The van der Waals surface area contributed by atoms with Crippen molar-refractivity contribution in [1.29, 1.82) is 0 Å². The Kier molecular flexibility index (Phi) is 12.8. The van der Waals surface area contributed by atoms with Crippen molar-refractivity contribution < 1.29 is 43.6 Å². The van der Waals surface area contributed by atoms with E-state index in [1.165, 1.54) is 14.0 Å². The van der Waals surface area contributed by atoms with Gasteiger partial charge in [0, 0.05) is 19.6 Å². The number of aliphatic hydroxyl groups excluding tert-OH is 2. The largest absolute Gasteiger partial charge is 0.497 e. The number of ether oxygens (including phenoxy) is 3. The molecule has 3 aliphatic rings. The van der Waals surface area contributed by atoms with Crippen molar-refractivity contribution in [3.8, 4) is 5.75 Å². The molecule has 4 rings (SSSR count). The molecule has 2 aliphatic heterocycles. The number of amides is 2. The van der Waals surface area contributed by atoms with Crippen LogP contribution in [-0.2, 0) is 28.7 Å². The highest BCUT2D eigenvalue weighted by Crippen LogP contribution is 2.31. The van der Waals surface area contributed by atoms with Crippen molar-refractivity contribution in [3.05, 3.63) is 41.5 Å². The maximum atomic E-state index is 14.0. The normalized spacial score (nSPS) is 23.9. The van der Waals surface area contributed by atoms with Crippen LogP contribution in [0.2, 0.25) is 0 Å². The van der Waals surface area contributed by atoms with Gasteiger partial charge in [-0.2, -0.15) is 0 Å². The Hall–Kier alpha value is -3.20. The van der Waals surface area contributed by atoms with Gasteiger partial charge in [0.15, 0.2) is 5.78 Å². The van der Waals surface area contributed by atoms with Gasteiger partial charge in [-0.15, -0.1) is 0 Å². The number of allylic oxidation sites excluding steroid dienone is 1. The lowest BCUT2D eigenvalue weighted by Gasteiger charge is -2.33. The molecule has 13 heteroatoms. The first-order valence-electron chi connectivity index (χ1n) is 16.0. The Morgan fingerprint density at radius 3 is 2.30 bits per heavy atom. The zero-order valence-electron chi connectivity index (χ0n) is 26.9. The van der Waals surface area contributed by atoms with Crippen LogP contribution in [0.1, 0.15) is 57.6 Å². The third kappa shape index (κ3) is 9.43. The number of ketones is 1. The van der Waals surface area contributed by atoms with Crippen molar-refractivity contribution in [2.24, 2.45) is 0 Å². The van der Waals surface area contributed by atoms with Crippen LogP contribution in [0.5, 0.6) is 5.75 Å². The SMILES string of the molecule is COc1ccc([C@@H](O)[C@H](NC(=O)[C@@H](NCC(C=O)N2CCOCC2)[C@@H](C)O)C(=O)N[C@@H](CC2=CCCCC2)C(=O)[C@@]2(C)CO2)cc1. The molecule has 0 bridgehead atoms. The van der Waals surface area contributed by atoms with E-state index < -0.39 is 53.8 Å². The smallest absolute Gasteiger partial charge is 0.246 e. The molecule has 1 aromatic rings. The monoisotopic (exact) mass is 644 g/mol. The van der Waals surface area contributed by atoms with Crippen LogP contribution in [0.4, 0.5) is 0 Å². The van der Waals surface area contributed by atoms with Gasteiger partial charge in [0.25, 0.3) is 0 Å². The van der Waals surface area contributed by atoms with Crippen LogP contribution < -0.4 is 20.7 Å². The number of aldehydes is 1. The number of nitrogens with one attached hydrogen (secondary N) is 3. The van der Waals surface area contributed by atoms with E-state index in [0.717, 1.165) is 37.5 Å². The standard InChI is InChI=1S/C33H48N4O9/c1-21(39)27(34-18-24(19-38)37-13-15-45-16-14-37)31(42)36-28(29(40)23-9-11-25(44-3)12-10-23)32(43)35-26(30(41)33(2)20-46-33)17-22-7-5-4-6-8-22/h7,9-12,19,21,24,26-29,34,39-40H,4-6,8,13-18,20H2,1-3H3,(H,35,43)(H,36,42)/t21-,24?,26+,27+,28+,29-,33-/m1/s1. The molecule has 2 fully saturated rings. The van der Waals surface area contributed by atoms with E-state index in [-0.39, 0.29) is 18.9 Å². The van der Waals surface area contributed by atoms with Crippen LogP contribution in [-0.4, -0.2) is 121 Å². The number of hydrogen-bond acceptors (Lipinski definition) is 11. The molecule has 1 aliphatic carbocycles. The van der Waals surface area contributed by atoms with Gasteiger partial charge in [-0.05, 0) is 63.6 Å². The second kappa shape index (κ2) is 16.6. The van der Waals surface area contributed by atoms with Crippen LogP contribution in [0, 0.1) is 0 Å². The van der Waals surface area contributed by atoms with Gasteiger partial charge in [-0.25, -0.2) is 0 Å². The number of carbonyl (C=O) groups is 4. The van der Waals surface area contributed by atoms with Gasteiger partial charge < -0.3 is 45.2 Å². The number of hydrogen-bond donors (Lipinski definition) is 5. The van der Waals surface area contributed by atoms with Crippen LogP contribution >= 0.6 is 0 Å². The van der Waals surface area contributed by atoms with Crippen molar-refractivity contribution in [3.63, 3.8) is 0 Å². The van der Waals surface area contributed by atoms with Crippen molar-refractivity contribution in [2.75, 3.05) is 46.6 Å². The average Bonchev–Trinajstić information content (AvgIpc) is 3.83. The first kappa shape index (κ1) is 35.7. The van der Waals surface area contributed by atoms with Gasteiger partial charge in [-0.3, -0.25) is 19.3 Å². The Morgan fingerprint density at radius 2 is 1.74 bits per heavy atom. The second-order valence-electron chi connectivity index (χ2n) is 12.4. The molecule has 5 N–H and O–H groups in total. The highest BCUT2D eigenvalue weighted by Gasteiger charge is 2.50. The summed E-state index contributed by atoms with van der Waals surface area (Å²) >= 11 is 0. The van der Waals surface area contributed by atoms with Gasteiger partial charge in [0.2, 0.25) is 11.8 Å². The Balaban J connectivity index is 1.55. The minimum absolute atomic E-state index is 0.0641. The lowest BCUT2D eigenvalue weighted by Crippen LogP contribution is -2.60. The van der Waals surface area contributed by atoms with Gasteiger partial charge >= 0.3 is 0 Å². The van der Waals surface area contributed by atoms with Crippen molar-refractivity contribution >= 4 is 23.9 Å². The molecule has 2 heterocycles. The first-order chi connectivity index (χ1) is 22.1. The molecule has 13 nitrogen and oxygen atoms in total. The fourth-order valence-electron chi connectivity index (χ4n) is 5.87. The maximum absolute atomic E-state index is 14.0. The molecule has 1 unspecified atom stereocenters. The molecule has 2 amide bonds. The number of Topliss-reactive ketones (excluding diaryl/α,β-unsaturated/α-hetero) is 1. The minimum Gasteiger partial charge on any atom is -0.497 e. The maximum Gasteiger partial charge on any atom is 0.246 e. The zero-order valence-corrected chi connectivity index (χ0v) is 26.9. The van der Waals surface area contributed by atoms with E-state index >= 15 is 0 Å². The molecule has 46 heavy (non-hydrogen) atoms. The number of epoxide rings is 1. The fourth-order valence-corrected chi connectivity index (χ4v) is 5.87. The number of morpholine rings is 1. The molecular weight excluding hydrogens is 596 g/mol. The van der Waals surface area contributed by atoms with Crippen LogP contribution in [0.3, 0.4) is 0 Å². The molecule has 0 saturated carbocycles. The number of rotatable bonds is 17. The van der Waals surface area contributed by atoms with E-state index in [1.807, 2.05) is 4.90 Å². The number of carbonyl (C=O) groups excluding carboxylic acids is 4. The average molecular weight is 645 g/mol. The summed E-state index contributed by atoms with van der Waals surface area (Å²) < 4.78 is 16.0. The Labute approximate surface area is 270 Å². The van der Waals surface area contributed by atoms with E-state index in [0.29, 0.717) is 44.0 Å². The molecule has 254 valence electrons. The molecule has 0 radical (unpaired) electrons. The van der Waals surface area contributed by atoms with Gasteiger partial charge in [0.1, 0.15) is 35.8 Å². The number of benzene rings is 1. The summed E-state index contributed by atoms with van der Waals surface area (Å²) in [5.41, 5.74) is 0.387. The lowest BCUT2D eigenvalue weighted by atomic mass is 9.89. The molecule has 7 atom stereocenters. The van der Waals surface area contributed by atoms with E-state index in [1.54, 1.807) is 31.2 Å². The predicted molar refractivity (Wildman–Crippen MR) is 168 cm³/mol. The van der Waals surface area contributed by atoms with Crippen molar-refractivity contribution in [1.82, 2.24) is 20.9 Å².